The Morgan fingerprint density at radius 3 is 1.30 bits per heavy atom. The van der Waals surface area contributed by atoms with E-state index in [-0.39, 0.29) is 80.0 Å². The molecule has 0 saturated heterocycles. The fraction of sp³-hybridized carbons (Fsp3) is 0.692. The Bertz CT molecular complexity index is 284. The van der Waals surface area contributed by atoms with Crippen molar-refractivity contribution in [3.63, 3.8) is 0 Å². The summed E-state index contributed by atoms with van der Waals surface area (Å²) in [6.07, 6.45) is -0.924. The maximum absolute atomic E-state index is 10.1. The predicted octanol–water partition coefficient (Wildman–Crippen LogP) is -5.12. The van der Waals surface area contributed by atoms with Crippen LogP contribution in [0.15, 0.2) is 0 Å². The van der Waals surface area contributed by atoms with Gasteiger partial charge < -0.3 is 39.9 Å². The van der Waals surface area contributed by atoms with E-state index in [1.165, 1.54) is 13.8 Å². The maximum atomic E-state index is 10.1. The summed E-state index contributed by atoms with van der Waals surface area (Å²) >= 11 is 0. The fourth-order valence-corrected chi connectivity index (χ4v) is 0.619. The van der Waals surface area contributed by atoms with Crippen molar-refractivity contribution < 1.29 is 74.3 Å². The first-order valence-electron chi connectivity index (χ1n) is 6.37. The Labute approximate surface area is 156 Å². The van der Waals surface area contributed by atoms with Crippen molar-refractivity contribution in [1.82, 2.24) is 0 Å². The summed E-state index contributed by atoms with van der Waals surface area (Å²) in [5.41, 5.74) is 0. The van der Waals surface area contributed by atoms with Crippen LogP contribution in [0.5, 0.6) is 0 Å². The van der Waals surface area contributed by atoms with Crippen LogP contribution in [0.1, 0.15) is 39.5 Å². The van der Waals surface area contributed by atoms with Crippen LogP contribution in [0, 0.1) is 0 Å². The van der Waals surface area contributed by atoms with Gasteiger partial charge in [0.2, 0.25) is 0 Å². The van der Waals surface area contributed by atoms with Crippen molar-refractivity contribution in [3.05, 3.63) is 0 Å². The molecule has 0 spiro atoms. The first-order chi connectivity index (χ1) is 10.1. The van der Waals surface area contributed by atoms with Gasteiger partial charge in [-0.15, -0.1) is 0 Å². The van der Waals surface area contributed by atoms with Gasteiger partial charge in [0, 0.05) is 18.8 Å². The second-order valence-electron chi connectivity index (χ2n) is 4.19. The molecule has 0 atom stereocenters. The summed E-state index contributed by atoms with van der Waals surface area (Å²) in [5.74, 6) is -2.28. The molecule has 0 fully saturated rings. The van der Waals surface area contributed by atoms with Crippen LogP contribution in [0.25, 0.3) is 0 Å². The van der Waals surface area contributed by atoms with E-state index in [0.29, 0.717) is 0 Å². The summed E-state index contributed by atoms with van der Waals surface area (Å²) < 4.78 is 0. The average Bonchev–Trinajstić information content (AvgIpc) is 2.43. The summed E-state index contributed by atoms with van der Waals surface area (Å²) in [7, 11) is 0. The molecule has 0 rings (SSSR count). The van der Waals surface area contributed by atoms with Crippen molar-refractivity contribution in [2.24, 2.45) is 0 Å². The van der Waals surface area contributed by atoms with E-state index in [1.54, 1.807) is 0 Å². The van der Waals surface area contributed by atoms with Gasteiger partial charge in [-0.05, 0) is 20.3 Å². The molecule has 9 nitrogen and oxygen atoms in total. The molecule has 0 saturated carbocycles. The van der Waals surface area contributed by atoms with E-state index in [1.807, 2.05) is 0 Å². The van der Waals surface area contributed by atoms with Gasteiger partial charge in [-0.2, -0.15) is 0 Å². The molecule has 0 aliphatic heterocycles. The predicted molar refractivity (Wildman–Crippen MR) is 72.7 cm³/mol. The van der Waals surface area contributed by atoms with Gasteiger partial charge in [0.05, 0.1) is 19.6 Å². The minimum absolute atomic E-state index is 0. The molecule has 0 radical (unpaired) electrons. The Morgan fingerprint density at radius 2 is 1.22 bits per heavy atom. The summed E-state index contributed by atoms with van der Waals surface area (Å²) in [6.45, 7) is 2.00. The molecule has 0 heterocycles. The van der Waals surface area contributed by atoms with Crippen LogP contribution in [0.3, 0.4) is 0 Å². The standard InChI is InChI=1S/2C5H8O3.C3H8O3.Na/c2*1-4(6)2-3-5(7)8;4-1-3(6)2-5;/h2*2-3H2,1H3,(H,7,8);3-6H,1-2H2;/q;;;+1/p-1. The third kappa shape index (κ3) is 44.9. The number of aliphatic hydroxyl groups excluding tert-OH is 3. The minimum Gasteiger partial charge on any atom is -0.550 e. The Kier molecular flexibility index (Phi) is 27.7. The summed E-state index contributed by atoms with van der Waals surface area (Å²) in [5, 5.41) is 41.7. The van der Waals surface area contributed by atoms with E-state index >= 15 is 0 Å². The molecule has 0 aromatic rings. The normalized spacial score (nSPS) is 8.61. The SMILES string of the molecule is CC(=O)CCC(=O)O.CC(=O)CCC(=O)[O-].OCC(O)CO.[Na+]. The summed E-state index contributed by atoms with van der Waals surface area (Å²) in [6, 6.07) is 0. The molecule has 0 amide bonds. The van der Waals surface area contributed by atoms with Crippen LogP contribution >= 0.6 is 0 Å². The number of hydrogen-bond acceptors (Lipinski definition) is 8. The second kappa shape index (κ2) is 21.2. The molecule has 0 aliphatic carbocycles. The number of hydrogen-bond donors (Lipinski definition) is 4. The van der Waals surface area contributed by atoms with Gasteiger partial charge >= 0.3 is 35.5 Å². The van der Waals surface area contributed by atoms with Crippen LogP contribution < -0.4 is 34.7 Å². The van der Waals surface area contributed by atoms with Gasteiger partial charge in [-0.25, -0.2) is 0 Å². The molecular weight excluding hydrogens is 323 g/mol. The van der Waals surface area contributed by atoms with Crippen molar-refractivity contribution in [2.75, 3.05) is 13.2 Å². The van der Waals surface area contributed by atoms with E-state index in [4.69, 9.17) is 20.4 Å². The molecule has 0 bridgehead atoms. The number of aliphatic carboxylic acids is 2. The second-order valence-corrected chi connectivity index (χ2v) is 4.19. The van der Waals surface area contributed by atoms with Crippen molar-refractivity contribution >= 4 is 23.5 Å². The Balaban J connectivity index is -0.000000117. The molecule has 23 heavy (non-hydrogen) atoms. The van der Waals surface area contributed by atoms with Gasteiger partial charge in [0.15, 0.2) is 0 Å². The summed E-state index contributed by atoms with van der Waals surface area (Å²) in [4.78, 5) is 39.5. The van der Waals surface area contributed by atoms with E-state index in [2.05, 4.69) is 0 Å². The largest absolute Gasteiger partial charge is 1.00 e. The number of carbonyl (C=O) groups excluding carboxylic acids is 3. The number of Topliss-reactive ketones (excluding diaryl/α,β-unsaturated/α-hetero) is 2. The van der Waals surface area contributed by atoms with E-state index in [9.17, 15) is 24.3 Å². The zero-order valence-corrected chi connectivity index (χ0v) is 15.7. The fourth-order valence-electron chi connectivity index (χ4n) is 0.619. The molecule has 0 aromatic heterocycles. The van der Waals surface area contributed by atoms with Crippen LogP contribution in [-0.4, -0.2) is 63.2 Å². The molecule has 0 aromatic carbocycles. The topological polar surface area (TPSA) is 172 Å². The van der Waals surface area contributed by atoms with Crippen molar-refractivity contribution in [2.45, 2.75) is 45.6 Å². The first-order valence-corrected chi connectivity index (χ1v) is 6.37. The molecular formula is C13H23NaO9. The van der Waals surface area contributed by atoms with Crippen LogP contribution in [0.2, 0.25) is 0 Å². The van der Waals surface area contributed by atoms with Gasteiger partial charge in [0.25, 0.3) is 0 Å². The van der Waals surface area contributed by atoms with Gasteiger partial charge in [0.1, 0.15) is 17.7 Å². The van der Waals surface area contributed by atoms with Gasteiger partial charge in [-0.1, -0.05) is 0 Å². The number of carboxylic acids is 2. The van der Waals surface area contributed by atoms with E-state index < -0.39 is 18.0 Å². The number of carbonyl (C=O) groups is 4. The molecule has 0 aliphatic rings. The minimum atomic E-state index is -1.17. The number of carboxylic acid groups (broad SMARTS) is 2. The monoisotopic (exact) mass is 346 g/mol. The Morgan fingerprint density at radius 1 is 0.870 bits per heavy atom. The third-order valence-electron chi connectivity index (χ3n) is 1.79. The first kappa shape index (κ1) is 30.1. The average molecular weight is 346 g/mol. The zero-order chi connectivity index (χ0) is 18.1. The van der Waals surface area contributed by atoms with Crippen LogP contribution in [-0.2, 0) is 19.2 Å². The van der Waals surface area contributed by atoms with Crippen molar-refractivity contribution in [3.8, 4) is 0 Å². The number of aliphatic hydroxyl groups is 3. The quantitative estimate of drug-likeness (QED) is 0.314. The number of ketones is 2. The molecule has 0 unspecified atom stereocenters. The third-order valence-corrected chi connectivity index (χ3v) is 1.79. The smallest absolute Gasteiger partial charge is 0.550 e. The van der Waals surface area contributed by atoms with Crippen molar-refractivity contribution in [1.29, 1.82) is 0 Å². The Hall–Kier alpha value is -0.840. The molecule has 4 N–H and O–H groups in total. The zero-order valence-electron chi connectivity index (χ0n) is 13.7. The van der Waals surface area contributed by atoms with Crippen LogP contribution in [0.4, 0.5) is 0 Å². The molecule has 130 valence electrons. The number of rotatable bonds is 8. The van der Waals surface area contributed by atoms with Gasteiger partial charge in [-0.3, -0.25) is 4.79 Å². The molecule has 10 heteroatoms. The van der Waals surface area contributed by atoms with E-state index in [0.717, 1.165) is 0 Å². The maximum Gasteiger partial charge on any atom is 1.00 e.